The Morgan fingerprint density at radius 2 is 1.67 bits per heavy atom. The molecule has 0 fully saturated rings. The quantitative estimate of drug-likeness (QED) is 0.534. The average molecular weight is 358 g/mol. The Bertz CT molecular complexity index is 781. The van der Waals surface area contributed by atoms with Crippen molar-refractivity contribution in [2.24, 2.45) is 0 Å². The van der Waals surface area contributed by atoms with Crippen LogP contribution < -0.4 is 0 Å². The molecule has 0 atom stereocenters. The highest BCUT2D eigenvalue weighted by Gasteiger charge is 2.12. The molecule has 1 heterocycles. The predicted molar refractivity (Wildman–Crippen MR) is 94.9 cm³/mol. The van der Waals surface area contributed by atoms with E-state index in [9.17, 15) is 0 Å². The van der Waals surface area contributed by atoms with Gasteiger partial charge in [-0.15, -0.1) is 11.3 Å². The van der Waals surface area contributed by atoms with Gasteiger partial charge in [-0.2, -0.15) is 0 Å². The molecule has 0 aliphatic carbocycles. The lowest BCUT2D eigenvalue weighted by molar-refractivity contribution is 1.29. The summed E-state index contributed by atoms with van der Waals surface area (Å²) in [4.78, 5) is 4.85. The molecule has 0 radical (unpaired) electrons. The fraction of sp³-hybridized carbons (Fsp3) is 0.167. The summed E-state index contributed by atoms with van der Waals surface area (Å²) in [7, 11) is 0. The molecule has 0 aliphatic rings. The SMILES string of the molecule is Cc1cc(C)c(-c2csc(-c3ccccc3Br)n2)c(C)c1. The largest absolute Gasteiger partial charge is 0.236 e. The van der Waals surface area contributed by atoms with E-state index >= 15 is 0 Å². The van der Waals surface area contributed by atoms with Gasteiger partial charge in [0, 0.05) is 21.0 Å². The Morgan fingerprint density at radius 3 is 2.33 bits per heavy atom. The molecule has 3 aromatic rings. The zero-order valence-corrected chi connectivity index (χ0v) is 14.7. The van der Waals surface area contributed by atoms with E-state index in [1.807, 2.05) is 12.1 Å². The second-order valence-corrected chi connectivity index (χ2v) is 7.00. The molecule has 3 heteroatoms. The highest BCUT2D eigenvalue weighted by Crippen LogP contribution is 2.35. The molecule has 21 heavy (non-hydrogen) atoms. The lowest BCUT2D eigenvalue weighted by Gasteiger charge is -2.08. The third-order valence-corrected chi connectivity index (χ3v) is 5.11. The van der Waals surface area contributed by atoms with E-state index < -0.39 is 0 Å². The third-order valence-electron chi connectivity index (χ3n) is 3.54. The Balaban J connectivity index is 2.10. The van der Waals surface area contributed by atoms with Crippen molar-refractivity contribution >= 4 is 27.3 Å². The molecule has 0 unspecified atom stereocenters. The van der Waals surface area contributed by atoms with Crippen LogP contribution in [0.2, 0.25) is 0 Å². The van der Waals surface area contributed by atoms with Crippen LogP contribution in [0.1, 0.15) is 16.7 Å². The summed E-state index contributed by atoms with van der Waals surface area (Å²) in [6.45, 7) is 6.46. The summed E-state index contributed by atoms with van der Waals surface area (Å²) in [6, 6.07) is 12.7. The highest BCUT2D eigenvalue weighted by atomic mass is 79.9. The summed E-state index contributed by atoms with van der Waals surface area (Å²) in [6.07, 6.45) is 0. The van der Waals surface area contributed by atoms with Gasteiger partial charge in [0.15, 0.2) is 0 Å². The van der Waals surface area contributed by atoms with E-state index in [0.717, 1.165) is 20.7 Å². The number of aryl methyl sites for hydroxylation is 3. The van der Waals surface area contributed by atoms with Crippen molar-refractivity contribution in [2.75, 3.05) is 0 Å². The summed E-state index contributed by atoms with van der Waals surface area (Å²) in [5.41, 5.74) is 7.36. The second-order valence-electron chi connectivity index (χ2n) is 5.29. The van der Waals surface area contributed by atoms with E-state index in [0.29, 0.717) is 0 Å². The minimum Gasteiger partial charge on any atom is -0.236 e. The van der Waals surface area contributed by atoms with Crippen molar-refractivity contribution in [1.29, 1.82) is 0 Å². The number of rotatable bonds is 2. The Morgan fingerprint density at radius 1 is 1.00 bits per heavy atom. The van der Waals surface area contributed by atoms with Crippen LogP contribution >= 0.6 is 27.3 Å². The molecule has 106 valence electrons. The molecular weight excluding hydrogens is 342 g/mol. The van der Waals surface area contributed by atoms with Crippen molar-refractivity contribution in [1.82, 2.24) is 4.98 Å². The summed E-state index contributed by atoms with van der Waals surface area (Å²) in [5, 5.41) is 3.20. The predicted octanol–water partition coefficient (Wildman–Crippen LogP) is 6.16. The van der Waals surface area contributed by atoms with Gasteiger partial charge in [-0.3, -0.25) is 0 Å². The zero-order valence-electron chi connectivity index (χ0n) is 12.3. The minimum absolute atomic E-state index is 1.05. The highest BCUT2D eigenvalue weighted by molar-refractivity contribution is 9.10. The number of nitrogens with zero attached hydrogens (tertiary/aromatic N) is 1. The lowest BCUT2D eigenvalue weighted by atomic mass is 9.98. The molecule has 0 aliphatic heterocycles. The molecule has 0 amide bonds. The van der Waals surface area contributed by atoms with E-state index in [1.54, 1.807) is 11.3 Å². The van der Waals surface area contributed by atoms with E-state index in [2.05, 4.69) is 66.3 Å². The number of halogens is 1. The molecule has 1 aromatic heterocycles. The minimum atomic E-state index is 1.05. The van der Waals surface area contributed by atoms with E-state index in [1.165, 1.54) is 22.3 Å². The van der Waals surface area contributed by atoms with Gasteiger partial charge >= 0.3 is 0 Å². The molecular formula is C18H16BrNS. The molecule has 0 saturated carbocycles. The van der Waals surface area contributed by atoms with Gasteiger partial charge in [-0.05, 0) is 38.0 Å². The summed E-state index contributed by atoms with van der Waals surface area (Å²) >= 11 is 5.30. The lowest BCUT2D eigenvalue weighted by Crippen LogP contribution is -1.90. The van der Waals surface area contributed by atoms with Crippen molar-refractivity contribution in [3.8, 4) is 21.8 Å². The first-order valence-electron chi connectivity index (χ1n) is 6.85. The first-order valence-corrected chi connectivity index (χ1v) is 8.52. The van der Waals surface area contributed by atoms with Gasteiger partial charge in [0.25, 0.3) is 0 Å². The van der Waals surface area contributed by atoms with Crippen LogP contribution in [0.5, 0.6) is 0 Å². The van der Waals surface area contributed by atoms with Crippen LogP contribution in [0.15, 0.2) is 46.3 Å². The number of hydrogen-bond donors (Lipinski definition) is 0. The number of aromatic nitrogens is 1. The van der Waals surface area contributed by atoms with Crippen LogP contribution in [0.25, 0.3) is 21.8 Å². The molecule has 0 spiro atoms. The van der Waals surface area contributed by atoms with Gasteiger partial charge in [-0.25, -0.2) is 4.98 Å². The van der Waals surface area contributed by atoms with Crippen LogP contribution in [-0.2, 0) is 0 Å². The van der Waals surface area contributed by atoms with Gasteiger partial charge in [0.05, 0.1) is 5.69 Å². The molecule has 3 rings (SSSR count). The van der Waals surface area contributed by atoms with Crippen molar-refractivity contribution in [3.05, 3.63) is 62.9 Å². The van der Waals surface area contributed by atoms with Gasteiger partial charge in [0.1, 0.15) is 5.01 Å². The first kappa shape index (κ1) is 14.5. The number of hydrogen-bond acceptors (Lipinski definition) is 2. The van der Waals surface area contributed by atoms with Gasteiger partial charge < -0.3 is 0 Å². The Kier molecular flexibility index (Phi) is 3.96. The van der Waals surface area contributed by atoms with E-state index in [4.69, 9.17) is 4.98 Å². The molecule has 1 nitrogen and oxygen atoms in total. The normalized spacial score (nSPS) is 10.9. The van der Waals surface area contributed by atoms with Gasteiger partial charge in [-0.1, -0.05) is 51.8 Å². The monoisotopic (exact) mass is 357 g/mol. The first-order chi connectivity index (χ1) is 10.1. The molecule has 0 N–H and O–H groups in total. The van der Waals surface area contributed by atoms with E-state index in [-0.39, 0.29) is 0 Å². The summed E-state index contributed by atoms with van der Waals surface area (Å²) < 4.78 is 1.09. The average Bonchev–Trinajstić information content (AvgIpc) is 2.87. The third kappa shape index (κ3) is 2.81. The topological polar surface area (TPSA) is 12.9 Å². The maximum Gasteiger partial charge on any atom is 0.125 e. The number of benzene rings is 2. The standard InChI is InChI=1S/C18H16BrNS/c1-11-8-12(2)17(13(3)9-11)16-10-21-18(20-16)14-6-4-5-7-15(14)19/h4-10H,1-3H3. The molecule has 0 bridgehead atoms. The smallest absolute Gasteiger partial charge is 0.125 e. The van der Waals surface area contributed by atoms with Crippen LogP contribution in [0.4, 0.5) is 0 Å². The van der Waals surface area contributed by atoms with Crippen LogP contribution in [0, 0.1) is 20.8 Å². The Labute approximate surface area is 137 Å². The second kappa shape index (κ2) is 5.74. The van der Waals surface area contributed by atoms with Crippen molar-refractivity contribution in [2.45, 2.75) is 20.8 Å². The maximum absolute atomic E-state index is 4.85. The molecule has 0 saturated heterocycles. The van der Waals surface area contributed by atoms with Crippen molar-refractivity contribution < 1.29 is 0 Å². The fourth-order valence-electron chi connectivity index (χ4n) is 2.73. The fourth-order valence-corrected chi connectivity index (χ4v) is 4.18. The summed E-state index contributed by atoms with van der Waals surface area (Å²) in [5.74, 6) is 0. The number of thiazole rings is 1. The zero-order chi connectivity index (χ0) is 15.0. The Hall–Kier alpha value is -1.45. The van der Waals surface area contributed by atoms with Gasteiger partial charge in [0.2, 0.25) is 0 Å². The van der Waals surface area contributed by atoms with Crippen LogP contribution in [-0.4, -0.2) is 4.98 Å². The van der Waals surface area contributed by atoms with Crippen molar-refractivity contribution in [3.63, 3.8) is 0 Å². The van der Waals surface area contributed by atoms with Crippen LogP contribution in [0.3, 0.4) is 0 Å². The molecule has 2 aromatic carbocycles. The maximum atomic E-state index is 4.85.